The lowest BCUT2D eigenvalue weighted by Gasteiger charge is -2.11. The number of hydrogen-bond acceptors (Lipinski definition) is 4. The van der Waals surface area contributed by atoms with Crippen LogP contribution in [-0.4, -0.2) is 22.8 Å². The molecule has 4 aromatic rings. The number of ether oxygens (including phenoxy) is 1. The van der Waals surface area contributed by atoms with Gasteiger partial charge in [-0.15, -0.1) is 0 Å². The second kappa shape index (κ2) is 6.19. The van der Waals surface area contributed by atoms with E-state index in [0.717, 1.165) is 22.0 Å². The number of H-pyrrole nitrogens is 1. The van der Waals surface area contributed by atoms with Gasteiger partial charge >= 0.3 is 5.97 Å². The van der Waals surface area contributed by atoms with Crippen LogP contribution in [0.15, 0.2) is 59.0 Å². The average Bonchev–Trinajstić information content (AvgIpc) is 3.21. The van der Waals surface area contributed by atoms with Crippen LogP contribution in [0.3, 0.4) is 0 Å². The molecule has 0 aliphatic carbocycles. The third kappa shape index (κ3) is 2.67. The minimum atomic E-state index is -0.923. The summed E-state index contributed by atoms with van der Waals surface area (Å²) in [7, 11) is 0. The Hall–Kier alpha value is -3.34. The van der Waals surface area contributed by atoms with Gasteiger partial charge in [-0.05, 0) is 32.0 Å². The van der Waals surface area contributed by atoms with Crippen molar-refractivity contribution in [1.82, 2.24) is 4.98 Å². The van der Waals surface area contributed by atoms with Gasteiger partial charge in [0.15, 0.2) is 6.10 Å². The SMILES string of the molecule is Cc1[nH]c2ccccc2c1C(=O)[C@H](C)OC(=O)c1cc2ccccc2o1. The predicted octanol–water partition coefficient (Wildman–Crippen LogP) is 4.65. The van der Waals surface area contributed by atoms with Crippen LogP contribution >= 0.6 is 0 Å². The maximum Gasteiger partial charge on any atom is 0.374 e. The molecule has 4 rings (SSSR count). The number of fused-ring (bicyclic) bond motifs is 2. The number of carbonyl (C=O) groups excluding carboxylic acids is 2. The number of carbonyl (C=O) groups is 2. The van der Waals surface area contributed by atoms with Crippen molar-refractivity contribution < 1.29 is 18.7 Å². The summed E-state index contributed by atoms with van der Waals surface area (Å²) < 4.78 is 10.9. The maximum atomic E-state index is 12.9. The lowest BCUT2D eigenvalue weighted by Crippen LogP contribution is -2.24. The standard InChI is InChI=1S/C21H17NO4/c1-12-19(15-8-4-5-9-16(15)22-12)20(23)13(2)25-21(24)18-11-14-7-3-6-10-17(14)26-18/h3-11,13,22H,1-2H3/t13-/m0/s1. The van der Waals surface area contributed by atoms with Crippen molar-refractivity contribution >= 4 is 33.6 Å². The molecule has 2 aromatic heterocycles. The van der Waals surface area contributed by atoms with E-state index in [9.17, 15) is 9.59 Å². The summed E-state index contributed by atoms with van der Waals surface area (Å²) >= 11 is 0. The minimum absolute atomic E-state index is 0.0847. The first-order chi connectivity index (χ1) is 12.5. The Morgan fingerprint density at radius 3 is 2.62 bits per heavy atom. The van der Waals surface area contributed by atoms with E-state index in [1.807, 2.05) is 49.4 Å². The Labute approximate surface area is 149 Å². The quantitative estimate of drug-likeness (QED) is 0.431. The van der Waals surface area contributed by atoms with Crippen molar-refractivity contribution in [2.45, 2.75) is 20.0 Å². The number of aryl methyl sites for hydroxylation is 1. The molecule has 0 unspecified atom stereocenters. The van der Waals surface area contributed by atoms with Gasteiger partial charge in [-0.1, -0.05) is 36.4 Å². The molecule has 26 heavy (non-hydrogen) atoms. The normalized spacial score (nSPS) is 12.4. The number of esters is 1. The fourth-order valence-electron chi connectivity index (χ4n) is 3.15. The van der Waals surface area contributed by atoms with E-state index in [4.69, 9.17) is 9.15 Å². The summed E-state index contributed by atoms with van der Waals surface area (Å²) in [5, 5.41) is 1.63. The summed E-state index contributed by atoms with van der Waals surface area (Å²) in [5.41, 5.74) is 2.78. The van der Waals surface area contributed by atoms with Crippen LogP contribution in [-0.2, 0) is 4.74 Å². The number of benzene rings is 2. The molecule has 0 bridgehead atoms. The summed E-state index contributed by atoms with van der Waals surface area (Å²) in [6, 6.07) is 16.5. The second-order valence-corrected chi connectivity index (χ2v) is 6.23. The van der Waals surface area contributed by atoms with E-state index in [1.54, 1.807) is 19.1 Å². The van der Waals surface area contributed by atoms with Gasteiger partial charge in [0.1, 0.15) is 5.58 Å². The molecule has 5 nitrogen and oxygen atoms in total. The number of nitrogens with one attached hydrogen (secondary N) is 1. The number of aromatic amines is 1. The Bertz CT molecular complexity index is 1100. The average molecular weight is 347 g/mol. The Morgan fingerprint density at radius 1 is 1.08 bits per heavy atom. The third-order valence-electron chi connectivity index (χ3n) is 4.42. The molecule has 2 aromatic carbocycles. The van der Waals surface area contributed by atoms with E-state index in [1.165, 1.54) is 0 Å². The maximum absolute atomic E-state index is 12.9. The first-order valence-corrected chi connectivity index (χ1v) is 8.35. The predicted molar refractivity (Wildman–Crippen MR) is 98.5 cm³/mol. The molecule has 2 heterocycles. The number of rotatable bonds is 4. The van der Waals surface area contributed by atoms with Gasteiger partial charge < -0.3 is 14.1 Å². The van der Waals surface area contributed by atoms with Gasteiger partial charge in [-0.3, -0.25) is 4.79 Å². The topological polar surface area (TPSA) is 72.3 Å². The highest BCUT2D eigenvalue weighted by Crippen LogP contribution is 2.25. The molecule has 0 spiro atoms. The highest BCUT2D eigenvalue weighted by molar-refractivity contribution is 6.11. The lowest BCUT2D eigenvalue weighted by atomic mass is 10.0. The molecule has 1 atom stereocenters. The van der Waals surface area contributed by atoms with Crippen LogP contribution in [0, 0.1) is 6.92 Å². The molecule has 130 valence electrons. The van der Waals surface area contributed by atoms with Crippen LogP contribution in [0.2, 0.25) is 0 Å². The number of furan rings is 1. The molecular formula is C21H17NO4. The number of aromatic nitrogens is 1. The van der Waals surface area contributed by atoms with Crippen molar-refractivity contribution in [3.63, 3.8) is 0 Å². The van der Waals surface area contributed by atoms with E-state index in [0.29, 0.717) is 11.1 Å². The smallest absolute Gasteiger partial charge is 0.374 e. The molecule has 0 fully saturated rings. The van der Waals surface area contributed by atoms with Crippen molar-refractivity contribution in [1.29, 1.82) is 0 Å². The summed E-state index contributed by atoms with van der Waals surface area (Å²) in [6.45, 7) is 3.41. The van der Waals surface area contributed by atoms with Crippen LogP contribution in [0.5, 0.6) is 0 Å². The van der Waals surface area contributed by atoms with Crippen LogP contribution in [0.25, 0.3) is 21.9 Å². The van der Waals surface area contributed by atoms with Gasteiger partial charge in [0, 0.05) is 27.5 Å². The van der Waals surface area contributed by atoms with Gasteiger partial charge in [-0.2, -0.15) is 0 Å². The van der Waals surface area contributed by atoms with Gasteiger partial charge in [0.2, 0.25) is 11.5 Å². The lowest BCUT2D eigenvalue weighted by molar-refractivity contribution is 0.0291. The van der Waals surface area contributed by atoms with E-state index < -0.39 is 12.1 Å². The second-order valence-electron chi connectivity index (χ2n) is 6.23. The summed E-state index contributed by atoms with van der Waals surface area (Å²) in [5.74, 6) is -0.814. The van der Waals surface area contributed by atoms with E-state index >= 15 is 0 Å². The zero-order chi connectivity index (χ0) is 18.3. The zero-order valence-corrected chi connectivity index (χ0v) is 14.4. The Balaban J connectivity index is 1.58. The van der Waals surface area contributed by atoms with Crippen LogP contribution < -0.4 is 0 Å². The number of hydrogen-bond donors (Lipinski definition) is 1. The Morgan fingerprint density at radius 2 is 1.81 bits per heavy atom. The molecule has 1 N–H and O–H groups in total. The highest BCUT2D eigenvalue weighted by Gasteiger charge is 2.26. The fourth-order valence-corrected chi connectivity index (χ4v) is 3.15. The fraction of sp³-hybridized carbons (Fsp3) is 0.143. The van der Waals surface area contributed by atoms with E-state index in [2.05, 4.69) is 4.98 Å². The van der Waals surface area contributed by atoms with Gasteiger partial charge in [-0.25, -0.2) is 4.79 Å². The monoisotopic (exact) mass is 347 g/mol. The largest absolute Gasteiger partial charge is 0.449 e. The molecular weight excluding hydrogens is 330 g/mol. The number of para-hydroxylation sites is 2. The summed E-state index contributed by atoms with van der Waals surface area (Å²) in [6.07, 6.45) is -0.923. The van der Waals surface area contributed by atoms with Crippen molar-refractivity contribution in [3.05, 3.63) is 71.6 Å². The van der Waals surface area contributed by atoms with Crippen LogP contribution in [0.1, 0.15) is 33.5 Å². The molecule has 0 radical (unpaired) electrons. The van der Waals surface area contributed by atoms with Gasteiger partial charge in [0.25, 0.3) is 0 Å². The molecule has 0 amide bonds. The van der Waals surface area contributed by atoms with Crippen molar-refractivity contribution in [2.24, 2.45) is 0 Å². The first-order valence-electron chi connectivity index (χ1n) is 8.35. The Kier molecular flexibility index (Phi) is 3.84. The highest BCUT2D eigenvalue weighted by atomic mass is 16.6. The number of Topliss-reactive ketones (excluding diaryl/α,β-unsaturated/α-hetero) is 1. The molecule has 5 heteroatoms. The molecule has 0 aliphatic rings. The van der Waals surface area contributed by atoms with E-state index in [-0.39, 0.29) is 11.5 Å². The van der Waals surface area contributed by atoms with Crippen molar-refractivity contribution in [3.8, 4) is 0 Å². The molecule has 0 saturated carbocycles. The first kappa shape index (κ1) is 16.1. The van der Waals surface area contributed by atoms with Crippen LogP contribution in [0.4, 0.5) is 0 Å². The minimum Gasteiger partial charge on any atom is -0.449 e. The number of ketones is 1. The third-order valence-corrected chi connectivity index (χ3v) is 4.42. The van der Waals surface area contributed by atoms with Gasteiger partial charge in [0.05, 0.1) is 0 Å². The summed E-state index contributed by atoms with van der Waals surface area (Å²) in [4.78, 5) is 28.4. The molecule has 0 saturated heterocycles. The van der Waals surface area contributed by atoms with Crippen molar-refractivity contribution in [2.75, 3.05) is 0 Å². The zero-order valence-electron chi connectivity index (χ0n) is 14.4. The molecule has 0 aliphatic heterocycles.